The van der Waals surface area contributed by atoms with Gasteiger partial charge in [-0.2, -0.15) is 0 Å². The molecule has 2 rings (SSSR count). The SMILES string of the molecule is COC(=O)c1sc(N)c(C(=O)OC)c1COC(=O)CNC(=O)c1ccccc1. The number of hydrogen-bond donors (Lipinski definition) is 2. The number of nitrogens with one attached hydrogen (secondary N) is 1. The van der Waals surface area contributed by atoms with E-state index in [2.05, 4.69) is 14.8 Å². The lowest BCUT2D eigenvalue weighted by molar-refractivity contribution is -0.143. The number of thiophene rings is 1. The van der Waals surface area contributed by atoms with Crippen LogP contribution in [0.2, 0.25) is 0 Å². The predicted octanol–water partition coefficient (Wildman–Crippen LogP) is 1.38. The Kier molecular flexibility index (Phi) is 7.10. The number of amides is 1. The minimum Gasteiger partial charge on any atom is -0.465 e. The number of esters is 3. The Bertz CT molecular complexity index is 893. The Morgan fingerprint density at radius 1 is 1.04 bits per heavy atom. The molecule has 1 amide bonds. The molecule has 0 atom stereocenters. The molecule has 0 bridgehead atoms. The fourth-order valence-electron chi connectivity index (χ4n) is 2.25. The number of carbonyl (C=O) groups is 4. The first-order chi connectivity index (χ1) is 13.4. The lowest BCUT2D eigenvalue weighted by Crippen LogP contribution is -2.30. The van der Waals surface area contributed by atoms with E-state index < -0.39 is 37.0 Å². The van der Waals surface area contributed by atoms with E-state index in [1.54, 1.807) is 30.3 Å². The molecule has 1 aromatic carbocycles. The van der Waals surface area contributed by atoms with Gasteiger partial charge in [0.05, 0.1) is 14.2 Å². The molecule has 0 aliphatic heterocycles. The molecule has 0 unspecified atom stereocenters. The summed E-state index contributed by atoms with van der Waals surface area (Å²) in [6, 6.07) is 8.34. The van der Waals surface area contributed by atoms with E-state index in [4.69, 9.17) is 10.5 Å². The number of hydrogen-bond acceptors (Lipinski definition) is 9. The highest BCUT2D eigenvalue weighted by Gasteiger charge is 2.28. The van der Waals surface area contributed by atoms with Crippen molar-refractivity contribution in [2.45, 2.75) is 6.61 Å². The lowest BCUT2D eigenvalue weighted by atomic mass is 10.1. The van der Waals surface area contributed by atoms with E-state index in [1.165, 1.54) is 7.11 Å². The summed E-state index contributed by atoms with van der Waals surface area (Å²) in [4.78, 5) is 47.8. The highest BCUT2D eigenvalue weighted by atomic mass is 32.1. The zero-order valence-electron chi connectivity index (χ0n) is 15.1. The second-order valence-electron chi connectivity index (χ2n) is 5.34. The highest BCUT2D eigenvalue weighted by Crippen LogP contribution is 2.33. The average molecular weight is 406 g/mol. The standard InChI is InChI=1S/C18H18N2O7S/c1-25-17(23)13-11(14(18(24)26-2)28-15(13)19)9-27-12(21)8-20-16(22)10-6-4-3-5-7-10/h3-7H,8-9,19H2,1-2H3,(H,20,22). The van der Waals surface area contributed by atoms with Gasteiger partial charge in [-0.05, 0) is 12.1 Å². The lowest BCUT2D eigenvalue weighted by Gasteiger charge is -2.09. The summed E-state index contributed by atoms with van der Waals surface area (Å²) < 4.78 is 14.4. The highest BCUT2D eigenvalue weighted by molar-refractivity contribution is 7.18. The van der Waals surface area contributed by atoms with Crippen LogP contribution in [0.25, 0.3) is 0 Å². The van der Waals surface area contributed by atoms with Gasteiger partial charge in [0.25, 0.3) is 5.91 Å². The van der Waals surface area contributed by atoms with E-state index >= 15 is 0 Å². The summed E-state index contributed by atoms with van der Waals surface area (Å²) in [6.45, 7) is -0.808. The van der Waals surface area contributed by atoms with Crippen molar-refractivity contribution in [1.29, 1.82) is 0 Å². The smallest absolute Gasteiger partial charge is 0.348 e. The van der Waals surface area contributed by atoms with Gasteiger partial charge in [-0.3, -0.25) is 9.59 Å². The van der Waals surface area contributed by atoms with Gasteiger partial charge in [0.15, 0.2) is 0 Å². The zero-order valence-corrected chi connectivity index (χ0v) is 16.0. The Morgan fingerprint density at radius 2 is 1.68 bits per heavy atom. The largest absolute Gasteiger partial charge is 0.465 e. The maximum atomic E-state index is 12.0. The first-order valence-corrected chi connectivity index (χ1v) is 8.77. The van der Waals surface area contributed by atoms with Crippen LogP contribution in [-0.2, 0) is 25.6 Å². The van der Waals surface area contributed by atoms with Crippen molar-refractivity contribution in [3.05, 3.63) is 51.9 Å². The summed E-state index contributed by atoms with van der Waals surface area (Å²) in [5, 5.41) is 2.46. The quantitative estimate of drug-likeness (QED) is 0.520. The van der Waals surface area contributed by atoms with Crippen LogP contribution in [0.5, 0.6) is 0 Å². The molecule has 2 aromatic rings. The minimum atomic E-state index is -0.771. The van der Waals surface area contributed by atoms with Crippen molar-refractivity contribution in [2.75, 3.05) is 26.5 Å². The summed E-state index contributed by atoms with van der Waals surface area (Å²) in [6.07, 6.45) is 0. The minimum absolute atomic E-state index is 0.0292. The summed E-state index contributed by atoms with van der Waals surface area (Å²) in [7, 11) is 2.33. The van der Waals surface area contributed by atoms with Gasteiger partial charge in [0.2, 0.25) is 0 Å². The second kappa shape index (κ2) is 9.51. The van der Waals surface area contributed by atoms with Crippen LogP contribution in [-0.4, -0.2) is 44.6 Å². The van der Waals surface area contributed by atoms with Crippen molar-refractivity contribution in [2.24, 2.45) is 0 Å². The monoisotopic (exact) mass is 406 g/mol. The topological polar surface area (TPSA) is 134 Å². The number of benzene rings is 1. The number of rotatable bonds is 7. The zero-order chi connectivity index (χ0) is 20.7. The first-order valence-electron chi connectivity index (χ1n) is 7.95. The van der Waals surface area contributed by atoms with E-state index in [0.717, 1.165) is 18.4 Å². The van der Waals surface area contributed by atoms with Crippen LogP contribution >= 0.6 is 11.3 Å². The third kappa shape index (κ3) is 4.86. The molecule has 0 saturated carbocycles. The number of nitrogen functional groups attached to an aromatic ring is 1. The molecule has 1 heterocycles. The van der Waals surface area contributed by atoms with Crippen molar-refractivity contribution < 1.29 is 33.4 Å². The van der Waals surface area contributed by atoms with Gasteiger partial charge in [0, 0.05) is 11.1 Å². The molecule has 148 valence electrons. The molecule has 3 N–H and O–H groups in total. The van der Waals surface area contributed by atoms with Crippen molar-refractivity contribution in [3.8, 4) is 0 Å². The average Bonchev–Trinajstić information content (AvgIpc) is 3.05. The van der Waals surface area contributed by atoms with Crippen molar-refractivity contribution in [3.63, 3.8) is 0 Å². The van der Waals surface area contributed by atoms with E-state index in [-0.39, 0.29) is 21.0 Å². The molecule has 0 saturated heterocycles. The fourth-order valence-corrected chi connectivity index (χ4v) is 3.23. The molecule has 1 aromatic heterocycles. The summed E-state index contributed by atoms with van der Waals surface area (Å²) >= 11 is 0.826. The Morgan fingerprint density at radius 3 is 2.29 bits per heavy atom. The van der Waals surface area contributed by atoms with Crippen LogP contribution in [0.4, 0.5) is 5.00 Å². The molecule has 0 fully saturated rings. The number of carbonyl (C=O) groups excluding carboxylic acids is 4. The number of anilines is 1. The van der Waals surface area contributed by atoms with E-state index in [0.29, 0.717) is 5.56 Å². The van der Waals surface area contributed by atoms with Gasteiger partial charge in [-0.25, -0.2) is 9.59 Å². The Labute approximate surface area is 164 Å². The molecule has 9 nitrogen and oxygen atoms in total. The molecule has 0 radical (unpaired) electrons. The van der Waals surface area contributed by atoms with Crippen molar-refractivity contribution in [1.82, 2.24) is 5.32 Å². The van der Waals surface area contributed by atoms with Crippen LogP contribution in [0.1, 0.15) is 36.0 Å². The second-order valence-corrected chi connectivity index (χ2v) is 6.39. The van der Waals surface area contributed by atoms with Gasteiger partial charge in [-0.1, -0.05) is 18.2 Å². The molecular formula is C18H18N2O7S. The van der Waals surface area contributed by atoms with Crippen LogP contribution in [0, 0.1) is 0 Å². The number of ether oxygens (including phenoxy) is 3. The molecule has 10 heteroatoms. The van der Waals surface area contributed by atoms with Gasteiger partial charge >= 0.3 is 17.9 Å². The third-order valence-corrected chi connectivity index (χ3v) is 4.64. The van der Waals surface area contributed by atoms with Gasteiger partial charge in [0.1, 0.15) is 28.6 Å². The van der Waals surface area contributed by atoms with Crippen LogP contribution in [0.3, 0.4) is 0 Å². The first kappa shape index (κ1) is 20.9. The Hall–Kier alpha value is -3.40. The predicted molar refractivity (Wildman–Crippen MR) is 100.0 cm³/mol. The molecule has 0 aliphatic rings. The van der Waals surface area contributed by atoms with Gasteiger partial charge in [-0.15, -0.1) is 11.3 Å². The fraction of sp³-hybridized carbons (Fsp3) is 0.222. The maximum absolute atomic E-state index is 12.0. The number of methoxy groups -OCH3 is 2. The van der Waals surface area contributed by atoms with E-state index in [9.17, 15) is 19.2 Å². The van der Waals surface area contributed by atoms with Crippen LogP contribution < -0.4 is 11.1 Å². The van der Waals surface area contributed by atoms with Gasteiger partial charge < -0.3 is 25.3 Å². The van der Waals surface area contributed by atoms with Crippen molar-refractivity contribution >= 4 is 40.2 Å². The van der Waals surface area contributed by atoms with Crippen LogP contribution in [0.15, 0.2) is 30.3 Å². The Balaban J connectivity index is 2.06. The maximum Gasteiger partial charge on any atom is 0.348 e. The summed E-state index contributed by atoms with van der Waals surface area (Å²) in [5.41, 5.74) is 6.21. The molecular weight excluding hydrogens is 388 g/mol. The molecule has 0 aliphatic carbocycles. The summed E-state index contributed by atoms with van der Waals surface area (Å²) in [5.74, 6) is -2.70. The van der Waals surface area contributed by atoms with E-state index in [1.807, 2.05) is 0 Å². The normalized spacial score (nSPS) is 10.1. The third-order valence-electron chi connectivity index (χ3n) is 3.60. The molecule has 0 spiro atoms. The number of nitrogens with two attached hydrogens (primary N) is 1. The molecule has 28 heavy (non-hydrogen) atoms.